The van der Waals surface area contributed by atoms with Crippen LogP contribution in [0.4, 0.5) is 105 Å². The van der Waals surface area contributed by atoms with Crippen LogP contribution in [-0.2, 0) is 79.5 Å². The predicted molar refractivity (Wildman–Crippen MR) is 519 cm³/mol. The molecule has 11 nitrogen and oxygen atoms in total. The van der Waals surface area contributed by atoms with E-state index in [0.717, 1.165) is 88.1 Å². The highest BCUT2D eigenvalue weighted by Gasteiger charge is 2.75. The summed E-state index contributed by atoms with van der Waals surface area (Å²) in [6, 6.07) is 92.1. The Morgan fingerprint density at radius 1 is 0.196 bits per heavy atom. The minimum Gasteiger partial charge on any atom is -0.491 e. The van der Waals surface area contributed by atoms with Crippen LogP contribution in [0.3, 0.4) is 0 Å². The second kappa shape index (κ2) is 48.6. The molecule has 3 unspecified atom stereocenters. The van der Waals surface area contributed by atoms with E-state index in [2.05, 4.69) is 129 Å². The van der Waals surface area contributed by atoms with Gasteiger partial charge in [-0.25, -0.2) is 0 Å². The number of aliphatic hydroxyl groups is 3. The summed E-state index contributed by atoms with van der Waals surface area (Å²) in [5.41, 5.74) is -15.0. The Bertz CT molecular complexity index is 5960. The maximum Gasteiger partial charge on any atom is 0.430 e. The quantitative estimate of drug-likeness (QED) is 0.0166. The lowest BCUT2D eigenvalue weighted by Gasteiger charge is -2.36. The Labute approximate surface area is 853 Å². The Morgan fingerprint density at radius 3 is 0.527 bits per heavy atom. The second-order valence-electron chi connectivity index (χ2n) is 37.6. The third-order valence-electron chi connectivity index (χ3n) is 22.6. The Morgan fingerprint density at radius 2 is 0.365 bits per heavy atom. The lowest BCUT2D eigenvalue weighted by molar-refractivity contribution is -0.397. The van der Waals surface area contributed by atoms with Crippen LogP contribution in [0, 0.1) is 0 Å². The van der Waals surface area contributed by atoms with Gasteiger partial charge in [0.2, 0.25) is 0 Å². The third kappa shape index (κ3) is 30.8. The van der Waals surface area contributed by atoms with Crippen LogP contribution in [0.25, 0.3) is 0 Å². The summed E-state index contributed by atoms with van der Waals surface area (Å²) >= 11 is 0. The average Bonchev–Trinajstić information content (AvgIpc) is 0.771. The molecule has 0 spiro atoms. The van der Waals surface area contributed by atoms with Crippen molar-refractivity contribution in [1.29, 1.82) is 0 Å². The van der Waals surface area contributed by atoms with E-state index in [-0.39, 0.29) is 44.7 Å². The van der Waals surface area contributed by atoms with Gasteiger partial charge in [0, 0.05) is 14.2 Å². The standard InChI is InChI=1S/C30H33F6O2S.C28H29F6O3S.C26H25F6O2S.C25H23F6O4S/c1-26(2,3)20-7-13-23(14-8-20)39(24-15-9-21(10-16-24)27(4,5)6)25-17-11-22(12-18-25)38-19-28(37,29(31,32)33)30(34,35)36;1-25(2,3)20-10-14-23(15-11-20)38(22-8-6-5-7-9-22)24-16-12-21(13-17-24)36-18-26(27(29,30)31,28(32,33)34)37-19-35-4;1-23(2,3)18-9-13-21(14-10-18)35(20-7-5-4-6-8-20)22-15-11-19(12-16-22)34-17-24(33,25(27,28)29)26(30,31)32;1-33-15-16-34-18-7-11-21(12-8-18)36(20-5-3-2-4-6-20)22-13-9-19(10-14-22)35-17-23(32,24(26,27)28)25(29,30)31/h7-18,37H,19H2,1-6H3;5-17H,18-19H2,1-4H3;4-16,33H,17H2,1-3H3;2-14,32H,15-17H2,1H3/q4*+1. The first kappa shape index (κ1) is 121. The zero-order valence-corrected chi connectivity index (χ0v) is 85.5. The lowest BCUT2D eigenvalue weighted by Crippen LogP contribution is -2.62. The van der Waals surface area contributed by atoms with Crippen molar-refractivity contribution in [3.8, 4) is 28.7 Å². The van der Waals surface area contributed by atoms with Gasteiger partial charge in [-0.3, -0.25) is 0 Å². The van der Waals surface area contributed by atoms with Crippen LogP contribution >= 0.6 is 0 Å². The molecule has 148 heavy (non-hydrogen) atoms. The minimum atomic E-state index is -5.95. The first-order valence-corrected chi connectivity index (χ1v) is 49.9. The molecule has 0 fully saturated rings. The maximum absolute atomic E-state index is 13.6. The van der Waals surface area contributed by atoms with Gasteiger partial charge in [-0.05, 0) is 250 Å². The van der Waals surface area contributed by atoms with Crippen molar-refractivity contribution in [3.05, 3.63) is 332 Å². The highest BCUT2D eigenvalue weighted by Crippen LogP contribution is 2.51. The molecule has 0 aliphatic carbocycles. The number of methoxy groups -OCH3 is 2. The zero-order valence-electron chi connectivity index (χ0n) is 82.2. The van der Waals surface area contributed by atoms with Gasteiger partial charge in [-0.1, -0.05) is 186 Å². The molecule has 0 saturated carbocycles. The summed E-state index contributed by atoms with van der Waals surface area (Å²) in [6.07, 6.45) is -47.3. The van der Waals surface area contributed by atoms with Gasteiger partial charge < -0.3 is 53.2 Å². The van der Waals surface area contributed by atoms with Crippen molar-refractivity contribution >= 4 is 43.6 Å². The molecule has 0 aromatic heterocycles. The summed E-state index contributed by atoms with van der Waals surface area (Å²) in [7, 11) is 0.119. The molecule has 39 heteroatoms. The van der Waals surface area contributed by atoms with E-state index in [0.29, 0.717) is 19.0 Å². The largest absolute Gasteiger partial charge is 0.491 e. The molecule has 0 saturated heterocycles. The normalized spacial score (nSPS) is 13.7. The summed E-state index contributed by atoms with van der Waals surface area (Å²) in [5.74, 6) is -0.199. The second-order valence-corrected chi connectivity index (χ2v) is 45.7. The lowest BCUT2D eigenvalue weighted by atomic mass is 9.87. The van der Waals surface area contributed by atoms with Gasteiger partial charge in [0.05, 0.1) is 50.2 Å². The summed E-state index contributed by atoms with van der Waals surface area (Å²) in [6.45, 7) is 17.1. The average molecular weight is 2180 g/mol. The van der Waals surface area contributed by atoms with E-state index in [1.807, 2.05) is 164 Å². The van der Waals surface area contributed by atoms with Crippen LogP contribution in [0.2, 0.25) is 0 Å². The van der Waals surface area contributed by atoms with E-state index in [1.165, 1.54) is 48.5 Å². The highest BCUT2D eigenvalue weighted by atomic mass is 32.2. The van der Waals surface area contributed by atoms with Gasteiger partial charge in [-0.15, -0.1) is 0 Å². The molecule has 0 aliphatic heterocycles. The van der Waals surface area contributed by atoms with Crippen molar-refractivity contribution in [2.45, 2.75) is 235 Å². The zero-order chi connectivity index (χ0) is 110. The van der Waals surface area contributed by atoms with Crippen molar-refractivity contribution in [2.75, 3.05) is 60.7 Å². The van der Waals surface area contributed by atoms with Crippen LogP contribution < -0.4 is 23.7 Å². The van der Waals surface area contributed by atoms with Crippen LogP contribution in [0.15, 0.2) is 368 Å². The molecule has 0 radical (unpaired) electrons. The number of hydrogen-bond donors (Lipinski definition) is 3. The molecule has 0 amide bonds. The summed E-state index contributed by atoms with van der Waals surface area (Å²) < 4.78 is 352. The van der Waals surface area contributed by atoms with E-state index >= 15 is 0 Å². The summed E-state index contributed by atoms with van der Waals surface area (Å²) in [4.78, 5) is 11.1. The van der Waals surface area contributed by atoms with Crippen molar-refractivity contribution in [2.24, 2.45) is 0 Å². The molecule has 3 atom stereocenters. The van der Waals surface area contributed by atoms with Gasteiger partial charge in [0.1, 0.15) is 68.6 Å². The van der Waals surface area contributed by atoms with E-state index < -0.39 is 149 Å². The first-order chi connectivity index (χ1) is 68.5. The topological polar surface area (TPSA) is 135 Å². The first-order valence-electron chi connectivity index (χ1n) is 45.0. The smallest absolute Gasteiger partial charge is 0.430 e. The maximum atomic E-state index is 13.6. The van der Waals surface area contributed by atoms with Gasteiger partial charge in [0.15, 0.2) is 58.7 Å². The molecule has 12 aromatic carbocycles. The van der Waals surface area contributed by atoms with Gasteiger partial charge in [0.25, 0.3) is 22.4 Å². The van der Waals surface area contributed by atoms with Crippen molar-refractivity contribution in [3.63, 3.8) is 0 Å². The number of alkyl halides is 24. The third-order valence-corrected chi connectivity index (χ3v) is 31.5. The summed E-state index contributed by atoms with van der Waals surface area (Å²) in [5, 5.41) is 27.9. The highest BCUT2D eigenvalue weighted by molar-refractivity contribution is 7.98. The Hall–Kier alpha value is -10.9. The fraction of sp³-hybridized carbons (Fsp3) is 0.339. The SMILES string of the molecule is CC(C)(C)c1ccc([S+](c2ccc(OCC(O)(C(F)(F)F)C(F)(F)F)cc2)c2ccc(C(C)(C)C)cc2)cc1.CC(C)(C)c1ccc([S+](c2ccccc2)c2ccc(OCC(O)(C(F)(F)F)C(F)(F)F)cc2)cc1.COCCOc1ccc([S+](c2ccccc2)c2ccc(OCC(O)(C(F)(F)F)C(F)(F)F)cc2)cc1.COCOC(COc1ccc([S+](c2ccccc2)c2ccc(C(C)(C)C)cc2)cc1)(C(F)(F)F)C(F)(F)F. The molecule has 12 rings (SSSR count). The fourth-order valence-electron chi connectivity index (χ4n) is 13.7. The van der Waals surface area contributed by atoms with E-state index in [1.54, 1.807) is 67.8 Å². The van der Waals surface area contributed by atoms with Crippen molar-refractivity contribution < 1.29 is 159 Å². The molecule has 0 aliphatic rings. The van der Waals surface area contributed by atoms with Crippen molar-refractivity contribution in [1.82, 2.24) is 0 Å². The number of benzene rings is 12. The number of halogens is 24. The number of rotatable bonds is 31. The Balaban J connectivity index is 0.000000219. The molecule has 0 bridgehead atoms. The minimum absolute atomic E-state index is 0.0299. The van der Waals surface area contributed by atoms with Gasteiger partial charge >= 0.3 is 49.4 Å². The van der Waals surface area contributed by atoms with Gasteiger partial charge in [-0.2, -0.15) is 105 Å². The van der Waals surface area contributed by atoms with E-state index in [9.17, 15) is 121 Å². The molecule has 0 heterocycles. The molecular weight excluding hydrogens is 2070 g/mol. The van der Waals surface area contributed by atoms with Crippen LogP contribution in [-0.4, -0.2) is 148 Å². The van der Waals surface area contributed by atoms with Crippen LogP contribution in [0.1, 0.15) is 105 Å². The monoisotopic (exact) mass is 2180 g/mol. The molecule has 3 N–H and O–H groups in total. The number of hydrogen-bond acceptors (Lipinski definition) is 11. The van der Waals surface area contributed by atoms with E-state index in [4.69, 9.17) is 28.4 Å². The van der Waals surface area contributed by atoms with Crippen LogP contribution in [0.5, 0.6) is 28.7 Å². The fourth-order valence-corrected chi connectivity index (χ4v) is 21.9. The number of ether oxygens (including phenoxy) is 8. The molecule has 800 valence electrons. The molecular formula is C109H110F24O11S4+4. The predicted octanol–water partition coefficient (Wildman–Crippen LogP) is 29.9. The molecule has 12 aromatic rings. The Kier molecular flexibility index (Phi) is 39.6.